The quantitative estimate of drug-likeness (QED) is 0.545. The van der Waals surface area contributed by atoms with Gasteiger partial charge in [0.2, 0.25) is 5.88 Å². The van der Waals surface area contributed by atoms with Crippen LogP contribution in [0.4, 0.5) is 8.78 Å². The number of nitrogens with zero attached hydrogens (tertiary/aromatic N) is 2. The van der Waals surface area contributed by atoms with Gasteiger partial charge >= 0.3 is 6.61 Å². The Morgan fingerprint density at radius 1 is 1.19 bits per heavy atom. The smallest absolute Gasteiger partial charge is 0.387 e. The maximum Gasteiger partial charge on any atom is 0.387 e. The summed E-state index contributed by atoms with van der Waals surface area (Å²) in [7, 11) is 1.64. The molecule has 2 aromatic rings. The summed E-state index contributed by atoms with van der Waals surface area (Å²) in [6, 6.07) is 8.79. The second-order valence-electron chi connectivity index (χ2n) is 5.70. The molecule has 0 saturated carbocycles. The number of nitrogens with one attached hydrogen (secondary N) is 2. The molecule has 0 spiro atoms. The first-order valence-corrected chi connectivity index (χ1v) is 8.58. The molecular weight excluding hydrogens is 354 g/mol. The van der Waals surface area contributed by atoms with Gasteiger partial charge in [-0.2, -0.15) is 8.78 Å². The van der Waals surface area contributed by atoms with E-state index in [-0.39, 0.29) is 5.75 Å². The number of aromatic nitrogens is 1. The van der Waals surface area contributed by atoms with Crippen molar-refractivity contribution in [3.63, 3.8) is 0 Å². The molecule has 0 fully saturated rings. The second kappa shape index (κ2) is 10.3. The van der Waals surface area contributed by atoms with Gasteiger partial charge in [0.1, 0.15) is 5.75 Å². The summed E-state index contributed by atoms with van der Waals surface area (Å²) in [6.45, 7) is 2.28. The SMILES string of the molecule is CCOc1cc(CNC(=NC)NCc2cc(C)ccc2OC(F)F)ccn1. The minimum absolute atomic E-state index is 0.147. The van der Waals surface area contributed by atoms with Crippen LogP contribution in [0, 0.1) is 6.92 Å². The third-order valence-electron chi connectivity index (χ3n) is 3.65. The van der Waals surface area contributed by atoms with Gasteiger partial charge in [0.25, 0.3) is 0 Å². The lowest BCUT2D eigenvalue weighted by molar-refractivity contribution is -0.0504. The van der Waals surface area contributed by atoms with E-state index in [9.17, 15) is 8.78 Å². The summed E-state index contributed by atoms with van der Waals surface area (Å²) >= 11 is 0. The van der Waals surface area contributed by atoms with Crippen LogP contribution in [0.25, 0.3) is 0 Å². The van der Waals surface area contributed by atoms with Crippen LogP contribution in [0.3, 0.4) is 0 Å². The van der Waals surface area contributed by atoms with Crippen molar-refractivity contribution in [1.29, 1.82) is 0 Å². The molecular formula is C19H24F2N4O2. The van der Waals surface area contributed by atoms with Gasteiger partial charge in [-0.25, -0.2) is 4.98 Å². The zero-order valence-corrected chi connectivity index (χ0v) is 15.6. The molecule has 0 bridgehead atoms. The maximum atomic E-state index is 12.6. The molecule has 0 radical (unpaired) electrons. The average Bonchev–Trinajstić information content (AvgIpc) is 2.64. The molecule has 0 aliphatic rings. The maximum absolute atomic E-state index is 12.6. The van der Waals surface area contributed by atoms with Gasteiger partial charge in [0, 0.05) is 38.0 Å². The first-order valence-electron chi connectivity index (χ1n) is 8.58. The van der Waals surface area contributed by atoms with E-state index in [0.29, 0.717) is 37.1 Å². The third kappa shape index (κ3) is 6.73. The Kier molecular flexibility index (Phi) is 7.79. The number of guanidine groups is 1. The predicted molar refractivity (Wildman–Crippen MR) is 100 cm³/mol. The molecule has 1 aromatic heterocycles. The molecule has 1 heterocycles. The van der Waals surface area contributed by atoms with Crippen LogP contribution in [-0.4, -0.2) is 31.2 Å². The topological polar surface area (TPSA) is 67.8 Å². The highest BCUT2D eigenvalue weighted by Gasteiger charge is 2.10. The molecule has 2 N–H and O–H groups in total. The fraction of sp³-hybridized carbons (Fsp3) is 0.368. The molecule has 8 heteroatoms. The minimum Gasteiger partial charge on any atom is -0.478 e. The van der Waals surface area contributed by atoms with Crippen LogP contribution in [-0.2, 0) is 13.1 Å². The zero-order chi connectivity index (χ0) is 19.6. The van der Waals surface area contributed by atoms with Crippen molar-refractivity contribution in [1.82, 2.24) is 15.6 Å². The standard InChI is InChI=1S/C19H24F2N4O2/c1-4-26-17-10-14(7-8-23-17)11-24-19(22-3)25-12-15-9-13(2)5-6-16(15)27-18(20)21/h5-10,18H,4,11-12H2,1-3H3,(H2,22,24,25). The highest BCUT2D eigenvalue weighted by Crippen LogP contribution is 2.22. The number of halogens is 2. The lowest BCUT2D eigenvalue weighted by Gasteiger charge is -2.15. The van der Waals surface area contributed by atoms with E-state index in [1.807, 2.05) is 26.0 Å². The molecule has 6 nitrogen and oxygen atoms in total. The van der Waals surface area contributed by atoms with E-state index >= 15 is 0 Å². The number of hydrogen-bond donors (Lipinski definition) is 2. The van der Waals surface area contributed by atoms with Gasteiger partial charge in [0.15, 0.2) is 5.96 Å². The molecule has 146 valence electrons. The van der Waals surface area contributed by atoms with Crippen molar-refractivity contribution in [2.24, 2.45) is 4.99 Å². The number of rotatable bonds is 8. The largest absolute Gasteiger partial charge is 0.478 e. The summed E-state index contributed by atoms with van der Waals surface area (Å²) in [5, 5.41) is 6.27. The summed E-state index contributed by atoms with van der Waals surface area (Å²) in [6.07, 6.45) is 1.68. The molecule has 0 amide bonds. The van der Waals surface area contributed by atoms with Crippen molar-refractivity contribution in [2.45, 2.75) is 33.5 Å². The van der Waals surface area contributed by atoms with Crippen molar-refractivity contribution in [3.05, 3.63) is 53.2 Å². The van der Waals surface area contributed by atoms with Crippen LogP contribution in [0.2, 0.25) is 0 Å². The predicted octanol–water partition coefficient (Wildman–Crippen LogP) is 3.26. The molecule has 0 aliphatic heterocycles. The first-order chi connectivity index (χ1) is 13.0. The number of benzene rings is 1. The normalized spacial score (nSPS) is 11.4. The Bertz CT molecular complexity index is 769. The summed E-state index contributed by atoms with van der Waals surface area (Å²) in [4.78, 5) is 8.27. The van der Waals surface area contributed by atoms with Crippen LogP contribution < -0.4 is 20.1 Å². The highest BCUT2D eigenvalue weighted by molar-refractivity contribution is 5.79. The van der Waals surface area contributed by atoms with E-state index in [4.69, 9.17) is 4.74 Å². The molecule has 2 rings (SSSR count). The zero-order valence-electron chi connectivity index (χ0n) is 15.6. The van der Waals surface area contributed by atoms with Crippen LogP contribution >= 0.6 is 0 Å². The fourth-order valence-corrected chi connectivity index (χ4v) is 2.43. The first kappa shape index (κ1) is 20.4. The van der Waals surface area contributed by atoms with Crippen LogP contribution in [0.5, 0.6) is 11.6 Å². The number of aliphatic imine (C=N–C) groups is 1. The van der Waals surface area contributed by atoms with Gasteiger partial charge in [0.05, 0.1) is 6.61 Å². The molecule has 1 aromatic carbocycles. The van der Waals surface area contributed by atoms with Gasteiger partial charge in [-0.1, -0.05) is 17.7 Å². The molecule has 27 heavy (non-hydrogen) atoms. The van der Waals surface area contributed by atoms with Crippen LogP contribution in [0.15, 0.2) is 41.5 Å². The summed E-state index contributed by atoms with van der Waals surface area (Å²) in [5.74, 6) is 1.25. The average molecular weight is 378 g/mol. The number of pyridine rings is 1. The second-order valence-corrected chi connectivity index (χ2v) is 5.70. The van der Waals surface area contributed by atoms with E-state index < -0.39 is 6.61 Å². The Labute approximate surface area is 157 Å². The van der Waals surface area contributed by atoms with E-state index in [1.54, 1.807) is 31.4 Å². The molecule has 0 saturated heterocycles. The Hall–Kier alpha value is -2.90. The van der Waals surface area contributed by atoms with Gasteiger partial charge < -0.3 is 20.1 Å². The van der Waals surface area contributed by atoms with Crippen molar-refractivity contribution in [2.75, 3.05) is 13.7 Å². The number of alkyl halides is 2. The van der Waals surface area contributed by atoms with E-state index in [2.05, 4.69) is 25.3 Å². The molecule has 0 aliphatic carbocycles. The summed E-state index contributed by atoms with van der Waals surface area (Å²) < 4.78 is 35.1. The number of hydrogen-bond acceptors (Lipinski definition) is 4. The Balaban J connectivity index is 1.96. The van der Waals surface area contributed by atoms with Gasteiger partial charge in [-0.15, -0.1) is 0 Å². The third-order valence-corrected chi connectivity index (χ3v) is 3.65. The van der Waals surface area contributed by atoms with Crippen molar-refractivity contribution >= 4 is 5.96 Å². The summed E-state index contributed by atoms with van der Waals surface area (Å²) in [5.41, 5.74) is 2.56. The Morgan fingerprint density at radius 3 is 2.67 bits per heavy atom. The Morgan fingerprint density at radius 2 is 1.96 bits per heavy atom. The fourth-order valence-electron chi connectivity index (χ4n) is 2.43. The van der Waals surface area contributed by atoms with Crippen LogP contribution in [0.1, 0.15) is 23.6 Å². The minimum atomic E-state index is -2.87. The van der Waals surface area contributed by atoms with E-state index in [1.165, 1.54) is 0 Å². The lowest BCUT2D eigenvalue weighted by atomic mass is 10.1. The molecule has 0 unspecified atom stereocenters. The number of ether oxygens (including phenoxy) is 2. The number of aryl methyl sites for hydroxylation is 1. The lowest BCUT2D eigenvalue weighted by Crippen LogP contribution is -2.36. The monoisotopic (exact) mass is 378 g/mol. The van der Waals surface area contributed by atoms with Crippen molar-refractivity contribution < 1.29 is 18.3 Å². The van der Waals surface area contributed by atoms with Gasteiger partial charge in [-0.05, 0) is 31.5 Å². The molecule has 0 atom stereocenters. The van der Waals surface area contributed by atoms with Crippen molar-refractivity contribution in [3.8, 4) is 11.6 Å². The highest BCUT2D eigenvalue weighted by atomic mass is 19.3. The van der Waals surface area contributed by atoms with Gasteiger partial charge in [-0.3, -0.25) is 4.99 Å². The van der Waals surface area contributed by atoms with E-state index in [0.717, 1.165) is 11.1 Å².